The maximum atomic E-state index is 5.74. The average Bonchev–Trinajstić information content (AvgIpc) is 2.93. The van der Waals surface area contributed by atoms with Gasteiger partial charge in [0.05, 0.1) is 6.10 Å². The first-order valence-electron chi connectivity index (χ1n) is 7.69. The number of hydrogen-bond donors (Lipinski definition) is 1. The fraction of sp³-hybridized carbons (Fsp3) is 0.688. The van der Waals surface area contributed by atoms with Gasteiger partial charge in [-0.15, -0.1) is 0 Å². The van der Waals surface area contributed by atoms with Gasteiger partial charge in [-0.05, 0) is 38.8 Å². The van der Waals surface area contributed by atoms with Crippen molar-refractivity contribution in [3.8, 4) is 0 Å². The largest absolute Gasteiger partial charge is 0.376 e. The van der Waals surface area contributed by atoms with Gasteiger partial charge in [0.15, 0.2) is 0 Å². The van der Waals surface area contributed by atoms with Crippen LogP contribution in [0.1, 0.15) is 37.4 Å². The Kier molecular flexibility index (Phi) is 5.80. The lowest BCUT2D eigenvalue weighted by Crippen LogP contribution is -2.30. The van der Waals surface area contributed by atoms with Gasteiger partial charge < -0.3 is 15.0 Å². The lowest BCUT2D eigenvalue weighted by molar-refractivity contribution is 0.116. The van der Waals surface area contributed by atoms with E-state index >= 15 is 0 Å². The average molecular weight is 277 g/mol. The molecule has 0 spiro atoms. The molecule has 1 aliphatic heterocycles. The molecule has 0 radical (unpaired) electrons. The highest BCUT2D eigenvalue weighted by molar-refractivity contribution is 5.53. The van der Waals surface area contributed by atoms with Crippen molar-refractivity contribution >= 4 is 5.69 Å². The molecule has 1 N–H and O–H groups in total. The molecule has 20 heavy (non-hydrogen) atoms. The number of aryl methyl sites for hydroxylation is 1. The van der Waals surface area contributed by atoms with E-state index in [4.69, 9.17) is 4.74 Å². The normalized spacial score (nSPS) is 18.4. The summed E-state index contributed by atoms with van der Waals surface area (Å²) in [7, 11) is 2.15. The number of aromatic nitrogens is 1. The molecule has 4 nitrogen and oxygen atoms in total. The summed E-state index contributed by atoms with van der Waals surface area (Å²) < 4.78 is 5.74. The summed E-state index contributed by atoms with van der Waals surface area (Å²) in [4.78, 5) is 6.75. The van der Waals surface area contributed by atoms with Gasteiger partial charge in [-0.1, -0.05) is 6.92 Å². The van der Waals surface area contributed by atoms with E-state index in [9.17, 15) is 0 Å². The Balaban J connectivity index is 2.04. The van der Waals surface area contributed by atoms with Crippen molar-refractivity contribution in [1.82, 2.24) is 10.3 Å². The van der Waals surface area contributed by atoms with Gasteiger partial charge in [0.1, 0.15) is 0 Å². The van der Waals surface area contributed by atoms with Gasteiger partial charge in [-0.3, -0.25) is 4.98 Å². The standard InChI is InChI=1S/C16H27N3O/c1-4-7-17-10-14-11-18-13(2)9-16(14)19(3)12-15-6-5-8-20-15/h9,11,15,17H,4-8,10,12H2,1-3H3. The van der Waals surface area contributed by atoms with Crippen LogP contribution in [0.25, 0.3) is 0 Å². The van der Waals surface area contributed by atoms with E-state index in [1.165, 1.54) is 24.1 Å². The number of rotatable bonds is 7. The number of nitrogens with zero attached hydrogens (tertiary/aromatic N) is 2. The van der Waals surface area contributed by atoms with E-state index < -0.39 is 0 Å². The van der Waals surface area contributed by atoms with Gasteiger partial charge in [0, 0.05) is 49.9 Å². The van der Waals surface area contributed by atoms with Crippen LogP contribution in [-0.2, 0) is 11.3 Å². The van der Waals surface area contributed by atoms with Crippen LogP contribution in [0, 0.1) is 6.92 Å². The molecule has 2 rings (SSSR count). The van der Waals surface area contributed by atoms with Gasteiger partial charge in [-0.2, -0.15) is 0 Å². The van der Waals surface area contributed by atoms with Crippen molar-refractivity contribution in [2.75, 3.05) is 31.6 Å². The first-order valence-corrected chi connectivity index (χ1v) is 7.69. The lowest BCUT2D eigenvalue weighted by Gasteiger charge is -2.25. The predicted octanol–water partition coefficient (Wildman–Crippen LogP) is 2.50. The van der Waals surface area contributed by atoms with E-state index in [1.54, 1.807) is 0 Å². The second-order valence-electron chi connectivity index (χ2n) is 5.65. The molecule has 0 amide bonds. The van der Waals surface area contributed by atoms with Crippen LogP contribution in [0.5, 0.6) is 0 Å². The summed E-state index contributed by atoms with van der Waals surface area (Å²) in [5, 5.41) is 3.46. The summed E-state index contributed by atoms with van der Waals surface area (Å²) in [6.07, 6.45) is 5.90. The fourth-order valence-electron chi connectivity index (χ4n) is 2.66. The van der Waals surface area contributed by atoms with Crippen molar-refractivity contribution in [3.63, 3.8) is 0 Å². The zero-order chi connectivity index (χ0) is 14.4. The van der Waals surface area contributed by atoms with Crippen LogP contribution in [-0.4, -0.2) is 37.8 Å². The minimum absolute atomic E-state index is 0.380. The van der Waals surface area contributed by atoms with Crippen LogP contribution in [0.4, 0.5) is 5.69 Å². The highest BCUT2D eigenvalue weighted by Gasteiger charge is 2.19. The maximum absolute atomic E-state index is 5.74. The van der Waals surface area contributed by atoms with E-state index in [0.717, 1.165) is 38.4 Å². The third kappa shape index (κ3) is 4.18. The topological polar surface area (TPSA) is 37.4 Å². The van der Waals surface area contributed by atoms with Gasteiger partial charge >= 0.3 is 0 Å². The summed E-state index contributed by atoms with van der Waals surface area (Å²) >= 11 is 0. The molecule has 2 heterocycles. The van der Waals surface area contributed by atoms with Crippen LogP contribution in [0.2, 0.25) is 0 Å². The number of nitrogens with one attached hydrogen (secondary N) is 1. The molecule has 1 saturated heterocycles. The van der Waals surface area contributed by atoms with Gasteiger partial charge in [0.2, 0.25) is 0 Å². The molecule has 1 aromatic rings. The Morgan fingerprint density at radius 3 is 3.05 bits per heavy atom. The number of hydrogen-bond acceptors (Lipinski definition) is 4. The summed E-state index contributed by atoms with van der Waals surface area (Å²) in [5.41, 5.74) is 3.61. The van der Waals surface area contributed by atoms with Crippen molar-refractivity contribution in [1.29, 1.82) is 0 Å². The molecule has 1 aromatic heterocycles. The van der Waals surface area contributed by atoms with Crippen LogP contribution < -0.4 is 10.2 Å². The fourth-order valence-corrected chi connectivity index (χ4v) is 2.66. The van der Waals surface area contributed by atoms with Gasteiger partial charge in [-0.25, -0.2) is 0 Å². The summed E-state index contributed by atoms with van der Waals surface area (Å²) in [6, 6.07) is 2.18. The molecular weight excluding hydrogens is 250 g/mol. The van der Waals surface area contributed by atoms with Crippen molar-refractivity contribution in [3.05, 3.63) is 23.5 Å². The van der Waals surface area contributed by atoms with Crippen LogP contribution in [0.3, 0.4) is 0 Å². The molecule has 112 valence electrons. The second-order valence-corrected chi connectivity index (χ2v) is 5.65. The maximum Gasteiger partial charge on any atom is 0.0750 e. The molecule has 1 fully saturated rings. The zero-order valence-corrected chi connectivity index (χ0v) is 13.0. The molecule has 0 bridgehead atoms. The third-order valence-electron chi connectivity index (χ3n) is 3.75. The van der Waals surface area contributed by atoms with Crippen molar-refractivity contribution in [2.45, 2.75) is 45.8 Å². The third-order valence-corrected chi connectivity index (χ3v) is 3.75. The molecule has 1 atom stereocenters. The van der Waals surface area contributed by atoms with Crippen LogP contribution in [0.15, 0.2) is 12.3 Å². The molecule has 0 aromatic carbocycles. The van der Waals surface area contributed by atoms with Gasteiger partial charge in [0.25, 0.3) is 0 Å². The Bertz CT molecular complexity index is 416. The Morgan fingerprint density at radius 2 is 2.35 bits per heavy atom. The van der Waals surface area contributed by atoms with Crippen molar-refractivity contribution in [2.24, 2.45) is 0 Å². The molecule has 1 unspecified atom stereocenters. The monoisotopic (exact) mass is 277 g/mol. The first kappa shape index (κ1) is 15.3. The second kappa shape index (κ2) is 7.60. The van der Waals surface area contributed by atoms with Crippen LogP contribution >= 0.6 is 0 Å². The molecule has 0 aliphatic carbocycles. The predicted molar refractivity (Wildman–Crippen MR) is 83.2 cm³/mol. The smallest absolute Gasteiger partial charge is 0.0750 e. The summed E-state index contributed by atoms with van der Waals surface area (Å²) in [5.74, 6) is 0. The SMILES string of the molecule is CCCNCc1cnc(C)cc1N(C)CC1CCCO1. The quantitative estimate of drug-likeness (QED) is 0.777. The Labute approximate surface area is 122 Å². The summed E-state index contributed by atoms with van der Waals surface area (Å²) in [6.45, 7) is 8.04. The highest BCUT2D eigenvalue weighted by Crippen LogP contribution is 2.22. The molecule has 4 heteroatoms. The van der Waals surface area contributed by atoms with E-state index in [-0.39, 0.29) is 0 Å². The highest BCUT2D eigenvalue weighted by atomic mass is 16.5. The number of likely N-dealkylation sites (N-methyl/N-ethyl adjacent to an activating group) is 1. The Morgan fingerprint density at radius 1 is 1.50 bits per heavy atom. The first-order chi connectivity index (χ1) is 9.70. The molecular formula is C16H27N3O. The molecule has 1 aliphatic rings. The van der Waals surface area contributed by atoms with E-state index in [1.807, 2.05) is 13.1 Å². The lowest BCUT2D eigenvalue weighted by atomic mass is 10.1. The Hall–Kier alpha value is -1.13. The molecule has 0 saturated carbocycles. The van der Waals surface area contributed by atoms with E-state index in [0.29, 0.717) is 6.10 Å². The minimum atomic E-state index is 0.380. The zero-order valence-electron chi connectivity index (χ0n) is 13.0. The number of ether oxygens (including phenoxy) is 1. The minimum Gasteiger partial charge on any atom is -0.376 e. The number of anilines is 1. The van der Waals surface area contributed by atoms with Crippen molar-refractivity contribution < 1.29 is 4.74 Å². The number of pyridine rings is 1. The van der Waals surface area contributed by atoms with E-state index in [2.05, 4.69) is 35.2 Å².